The highest BCUT2D eigenvalue weighted by Crippen LogP contribution is 2.45. The molecule has 2 N–H and O–H groups in total. The minimum absolute atomic E-state index is 0.0799. The minimum atomic E-state index is -4.83. The summed E-state index contributed by atoms with van der Waals surface area (Å²) in [5.74, 6) is -0.271. The Balaban J connectivity index is 1.58. The first-order chi connectivity index (χ1) is 20.4. The van der Waals surface area contributed by atoms with Gasteiger partial charge in [-0.15, -0.1) is 0 Å². The number of fused-ring (bicyclic) bond motifs is 2. The van der Waals surface area contributed by atoms with E-state index in [9.17, 15) is 13.2 Å². The second-order valence-corrected chi connectivity index (χ2v) is 11.8. The third kappa shape index (κ3) is 5.44. The van der Waals surface area contributed by atoms with E-state index < -0.39 is 28.8 Å². The lowest BCUT2D eigenvalue weighted by Gasteiger charge is -2.35. The molecular formula is C31H31ClF4N6O. The van der Waals surface area contributed by atoms with Crippen molar-refractivity contribution in [1.29, 1.82) is 0 Å². The van der Waals surface area contributed by atoms with Gasteiger partial charge in [0.15, 0.2) is 5.82 Å². The van der Waals surface area contributed by atoms with E-state index >= 15 is 4.39 Å². The smallest absolute Gasteiger partial charge is 0.418 e. The van der Waals surface area contributed by atoms with Crippen molar-refractivity contribution in [3.8, 4) is 23.0 Å². The van der Waals surface area contributed by atoms with E-state index in [0.29, 0.717) is 18.1 Å². The number of rotatable bonds is 4. The van der Waals surface area contributed by atoms with Gasteiger partial charge in [-0.1, -0.05) is 23.7 Å². The van der Waals surface area contributed by atoms with Crippen LogP contribution in [0.5, 0.6) is 11.8 Å². The van der Waals surface area contributed by atoms with E-state index in [0.717, 1.165) is 56.0 Å². The Labute approximate surface area is 251 Å². The van der Waals surface area contributed by atoms with Gasteiger partial charge < -0.3 is 20.3 Å². The lowest BCUT2D eigenvalue weighted by atomic mass is 9.98. The maximum atomic E-state index is 16.6. The van der Waals surface area contributed by atoms with Crippen molar-refractivity contribution in [3.63, 3.8) is 0 Å². The van der Waals surface area contributed by atoms with E-state index in [-0.39, 0.29) is 39.4 Å². The number of pyridine rings is 1. The van der Waals surface area contributed by atoms with Gasteiger partial charge in [0, 0.05) is 36.6 Å². The number of piperidine rings is 1. The van der Waals surface area contributed by atoms with Gasteiger partial charge in [-0.25, -0.2) is 9.37 Å². The molecule has 2 aromatic heterocycles. The highest BCUT2D eigenvalue weighted by molar-refractivity contribution is 6.34. The first kappa shape index (κ1) is 29.4. The number of halogens is 5. The van der Waals surface area contributed by atoms with Crippen LogP contribution in [0.15, 0.2) is 30.3 Å². The Bertz CT molecular complexity index is 1730. The SMILES string of the molecule is Cc1cc(N)nc(-c2c(Cl)cc3c(N4CCCC[C@@H]4C)nc(Oc4cccc5c4CCN(C)C5)nc3c2F)c1C(F)(F)F. The van der Waals surface area contributed by atoms with Crippen molar-refractivity contribution in [2.75, 3.05) is 30.8 Å². The highest BCUT2D eigenvalue weighted by Gasteiger charge is 2.39. The van der Waals surface area contributed by atoms with E-state index in [2.05, 4.69) is 26.7 Å². The van der Waals surface area contributed by atoms with E-state index in [4.69, 9.17) is 27.1 Å². The number of alkyl halides is 3. The van der Waals surface area contributed by atoms with Crippen molar-refractivity contribution in [3.05, 3.63) is 63.4 Å². The number of aromatic nitrogens is 3. The van der Waals surface area contributed by atoms with Gasteiger partial charge in [0.2, 0.25) is 0 Å². The second-order valence-electron chi connectivity index (χ2n) is 11.4. The third-order valence-electron chi connectivity index (χ3n) is 8.29. The molecule has 0 radical (unpaired) electrons. The lowest BCUT2D eigenvalue weighted by Crippen LogP contribution is -2.38. The Kier molecular flexibility index (Phi) is 7.58. The first-order valence-electron chi connectivity index (χ1n) is 14.2. The summed E-state index contributed by atoms with van der Waals surface area (Å²) in [6.45, 7) is 5.56. The number of nitrogen functional groups attached to an aromatic ring is 1. The average Bonchev–Trinajstić information content (AvgIpc) is 2.92. The van der Waals surface area contributed by atoms with Crippen LogP contribution in [0.25, 0.3) is 22.2 Å². The van der Waals surface area contributed by atoms with Crippen molar-refractivity contribution >= 4 is 34.1 Å². The van der Waals surface area contributed by atoms with Gasteiger partial charge in [0.25, 0.3) is 0 Å². The topological polar surface area (TPSA) is 80.4 Å². The molecule has 0 saturated carbocycles. The van der Waals surface area contributed by atoms with Gasteiger partial charge in [-0.05, 0) is 75.9 Å². The summed E-state index contributed by atoms with van der Waals surface area (Å²) in [6.07, 6.45) is -1.24. The zero-order valence-electron chi connectivity index (χ0n) is 24.0. The summed E-state index contributed by atoms with van der Waals surface area (Å²) in [6, 6.07) is 8.22. The van der Waals surface area contributed by atoms with Crippen molar-refractivity contribution < 1.29 is 22.3 Å². The van der Waals surface area contributed by atoms with Crippen molar-refractivity contribution in [2.24, 2.45) is 0 Å². The predicted octanol–water partition coefficient (Wildman–Crippen LogP) is 7.55. The van der Waals surface area contributed by atoms with E-state index in [1.54, 1.807) is 0 Å². The number of ether oxygens (including phenoxy) is 1. The molecule has 4 heterocycles. The molecule has 0 bridgehead atoms. The van der Waals surface area contributed by atoms with Crippen LogP contribution < -0.4 is 15.4 Å². The maximum absolute atomic E-state index is 16.6. The van der Waals surface area contributed by atoms with Gasteiger partial charge >= 0.3 is 12.2 Å². The standard InChI is InChI=1S/C31H31ClF4N6O/c1-16-13-23(37)38-28(25(16)31(34,35)36)24-21(32)14-20-27(26(24)33)39-30(40-29(20)42-11-5-4-7-17(42)2)43-22-9-6-8-18-15-41(3)12-10-19(18)22/h6,8-9,13-14,17H,4-5,7,10-12,15H2,1-3H3,(H2,37,38)/t17-/m0/s1. The fourth-order valence-corrected chi connectivity index (χ4v) is 6.48. The van der Waals surface area contributed by atoms with Gasteiger partial charge in [-0.2, -0.15) is 23.1 Å². The molecule has 12 heteroatoms. The van der Waals surface area contributed by atoms with Gasteiger partial charge in [0.1, 0.15) is 22.9 Å². The van der Waals surface area contributed by atoms with Crippen LogP contribution in [0.1, 0.15) is 48.4 Å². The summed E-state index contributed by atoms with van der Waals surface area (Å²) >= 11 is 6.58. The first-order valence-corrected chi connectivity index (χ1v) is 14.6. The Morgan fingerprint density at radius 3 is 2.63 bits per heavy atom. The van der Waals surface area contributed by atoms with Crippen LogP contribution in [0.3, 0.4) is 0 Å². The molecule has 0 aliphatic carbocycles. The number of aryl methyl sites for hydroxylation is 1. The molecular weight excluding hydrogens is 584 g/mol. The Morgan fingerprint density at radius 2 is 1.88 bits per heavy atom. The fraction of sp³-hybridized carbons (Fsp3) is 0.387. The van der Waals surface area contributed by atoms with Crippen LogP contribution in [-0.2, 0) is 19.1 Å². The molecule has 1 atom stereocenters. The fourth-order valence-electron chi connectivity index (χ4n) is 6.20. The molecule has 2 aliphatic rings. The van der Waals surface area contributed by atoms with Crippen molar-refractivity contribution in [1.82, 2.24) is 19.9 Å². The molecule has 1 saturated heterocycles. The predicted molar refractivity (Wildman–Crippen MR) is 159 cm³/mol. The summed E-state index contributed by atoms with van der Waals surface area (Å²) in [4.78, 5) is 17.3. The molecule has 2 aliphatic heterocycles. The number of nitrogens with zero attached hydrogens (tertiary/aromatic N) is 5. The molecule has 1 fully saturated rings. The van der Waals surface area contributed by atoms with E-state index in [1.807, 2.05) is 25.2 Å². The van der Waals surface area contributed by atoms with Gasteiger partial charge in [0.05, 0.1) is 21.8 Å². The number of benzene rings is 2. The molecule has 43 heavy (non-hydrogen) atoms. The highest BCUT2D eigenvalue weighted by atomic mass is 35.5. The molecule has 2 aromatic carbocycles. The summed E-state index contributed by atoms with van der Waals surface area (Å²) in [7, 11) is 2.04. The monoisotopic (exact) mass is 614 g/mol. The number of hydrogen-bond donors (Lipinski definition) is 1. The molecule has 7 nitrogen and oxygen atoms in total. The summed E-state index contributed by atoms with van der Waals surface area (Å²) in [5.41, 5.74) is 5.22. The summed E-state index contributed by atoms with van der Waals surface area (Å²) in [5, 5.41) is 0.0238. The van der Waals surface area contributed by atoms with Crippen LogP contribution in [0.4, 0.5) is 29.2 Å². The maximum Gasteiger partial charge on any atom is 0.418 e. The van der Waals surface area contributed by atoms with Crippen LogP contribution >= 0.6 is 11.6 Å². The molecule has 226 valence electrons. The lowest BCUT2D eigenvalue weighted by molar-refractivity contribution is -0.137. The zero-order chi connectivity index (χ0) is 30.6. The average molecular weight is 615 g/mol. The number of hydrogen-bond acceptors (Lipinski definition) is 7. The number of anilines is 2. The van der Waals surface area contributed by atoms with Crippen molar-refractivity contribution in [2.45, 2.75) is 58.3 Å². The molecule has 0 spiro atoms. The minimum Gasteiger partial charge on any atom is -0.424 e. The molecule has 0 amide bonds. The third-order valence-corrected chi connectivity index (χ3v) is 8.59. The van der Waals surface area contributed by atoms with Crippen LogP contribution in [0.2, 0.25) is 5.02 Å². The second kappa shape index (κ2) is 11.1. The van der Waals surface area contributed by atoms with Gasteiger partial charge in [-0.3, -0.25) is 0 Å². The molecule has 6 rings (SSSR count). The Morgan fingerprint density at radius 1 is 1.09 bits per heavy atom. The summed E-state index contributed by atoms with van der Waals surface area (Å²) < 4.78 is 65.5. The zero-order valence-corrected chi connectivity index (χ0v) is 24.8. The van der Waals surface area contributed by atoms with Crippen LogP contribution in [0, 0.1) is 12.7 Å². The largest absolute Gasteiger partial charge is 0.424 e. The number of likely N-dealkylation sites (N-methyl/N-ethyl adjacent to an activating group) is 1. The molecule has 4 aromatic rings. The molecule has 0 unspecified atom stereocenters. The van der Waals surface area contributed by atoms with Crippen LogP contribution in [-0.4, -0.2) is 46.0 Å². The number of nitrogens with two attached hydrogens (primary N) is 1. The Hall–Kier alpha value is -3.70. The normalized spacial score (nSPS) is 17.8. The quantitative estimate of drug-likeness (QED) is 0.238. The van der Waals surface area contributed by atoms with E-state index in [1.165, 1.54) is 13.0 Å².